The topological polar surface area (TPSA) is 70.6 Å². The number of amides is 2. The molecule has 0 radical (unpaired) electrons. The number of urea groups is 1. The van der Waals surface area contributed by atoms with Gasteiger partial charge >= 0.3 is 6.03 Å². The van der Waals surface area contributed by atoms with E-state index in [-0.39, 0.29) is 12.6 Å². The minimum Gasteiger partial charge on any atom is -0.394 e. The Hall–Kier alpha value is -1.59. The standard InChI is InChI=1S/C13H20N2O3/c1-11-3-2-4-12(9-11)10-15-13(17)14-5-7-18-8-6-16/h2-4,9,16H,5-8,10H2,1H3,(H2,14,15,17). The molecule has 0 aromatic heterocycles. The van der Waals surface area contributed by atoms with Crippen LogP contribution in [0.5, 0.6) is 0 Å². The third-order valence-electron chi connectivity index (χ3n) is 2.30. The first-order chi connectivity index (χ1) is 8.72. The number of rotatable bonds is 7. The Morgan fingerprint density at radius 2 is 2.17 bits per heavy atom. The van der Waals surface area contributed by atoms with Crippen molar-refractivity contribution < 1.29 is 14.6 Å². The highest BCUT2D eigenvalue weighted by molar-refractivity contribution is 5.73. The van der Waals surface area contributed by atoms with Gasteiger partial charge in [-0.2, -0.15) is 0 Å². The fraction of sp³-hybridized carbons (Fsp3) is 0.462. The molecule has 100 valence electrons. The van der Waals surface area contributed by atoms with Crippen molar-refractivity contribution in [2.45, 2.75) is 13.5 Å². The van der Waals surface area contributed by atoms with Crippen LogP contribution in [0.4, 0.5) is 4.79 Å². The van der Waals surface area contributed by atoms with E-state index >= 15 is 0 Å². The number of carbonyl (C=O) groups is 1. The van der Waals surface area contributed by atoms with Gasteiger partial charge in [0, 0.05) is 13.1 Å². The highest BCUT2D eigenvalue weighted by atomic mass is 16.5. The molecule has 18 heavy (non-hydrogen) atoms. The van der Waals surface area contributed by atoms with E-state index in [1.165, 1.54) is 5.56 Å². The summed E-state index contributed by atoms with van der Waals surface area (Å²) in [5.41, 5.74) is 2.24. The van der Waals surface area contributed by atoms with Gasteiger partial charge in [0.15, 0.2) is 0 Å². The zero-order chi connectivity index (χ0) is 13.2. The van der Waals surface area contributed by atoms with Crippen LogP contribution in [0.2, 0.25) is 0 Å². The summed E-state index contributed by atoms with van der Waals surface area (Å²) in [4.78, 5) is 11.4. The Morgan fingerprint density at radius 1 is 1.33 bits per heavy atom. The highest BCUT2D eigenvalue weighted by Gasteiger charge is 1.99. The molecule has 5 heteroatoms. The molecule has 0 heterocycles. The van der Waals surface area contributed by atoms with Crippen LogP contribution in [0.3, 0.4) is 0 Å². The van der Waals surface area contributed by atoms with Gasteiger partial charge in [0.05, 0.1) is 19.8 Å². The summed E-state index contributed by atoms with van der Waals surface area (Å²) in [6, 6.07) is 7.77. The molecule has 1 rings (SSSR count). The Balaban J connectivity index is 2.13. The third-order valence-corrected chi connectivity index (χ3v) is 2.30. The normalized spacial score (nSPS) is 10.1. The van der Waals surface area contributed by atoms with Gasteiger partial charge in [-0.05, 0) is 12.5 Å². The molecule has 5 nitrogen and oxygen atoms in total. The van der Waals surface area contributed by atoms with Crippen LogP contribution in [0.1, 0.15) is 11.1 Å². The van der Waals surface area contributed by atoms with Gasteiger partial charge in [-0.3, -0.25) is 0 Å². The zero-order valence-corrected chi connectivity index (χ0v) is 10.6. The van der Waals surface area contributed by atoms with Crippen LogP contribution in [-0.4, -0.2) is 37.5 Å². The Labute approximate surface area is 107 Å². The molecule has 1 aromatic rings. The predicted molar refractivity (Wildman–Crippen MR) is 69.3 cm³/mol. The SMILES string of the molecule is Cc1cccc(CNC(=O)NCCOCCO)c1. The molecular formula is C13H20N2O3. The second-order valence-electron chi connectivity index (χ2n) is 3.93. The van der Waals surface area contributed by atoms with E-state index in [1.54, 1.807) is 0 Å². The number of aliphatic hydroxyl groups is 1. The largest absolute Gasteiger partial charge is 0.394 e. The molecule has 0 aliphatic carbocycles. The second kappa shape index (κ2) is 8.49. The minimum absolute atomic E-state index is 0.000442. The smallest absolute Gasteiger partial charge is 0.315 e. The number of nitrogens with one attached hydrogen (secondary N) is 2. The summed E-state index contributed by atoms with van der Waals surface area (Å²) < 4.78 is 5.02. The molecule has 0 saturated heterocycles. The first kappa shape index (κ1) is 14.5. The summed E-state index contributed by atoms with van der Waals surface area (Å²) in [5, 5.41) is 13.9. The summed E-state index contributed by atoms with van der Waals surface area (Å²) in [6.07, 6.45) is 0. The zero-order valence-electron chi connectivity index (χ0n) is 10.6. The first-order valence-corrected chi connectivity index (χ1v) is 5.98. The second-order valence-corrected chi connectivity index (χ2v) is 3.93. The molecule has 0 bridgehead atoms. The van der Waals surface area contributed by atoms with Crippen molar-refractivity contribution >= 4 is 6.03 Å². The summed E-state index contributed by atoms with van der Waals surface area (Å²) >= 11 is 0. The van der Waals surface area contributed by atoms with Gasteiger partial charge in [-0.1, -0.05) is 29.8 Å². The molecule has 1 aromatic carbocycles. The molecule has 0 spiro atoms. The Bertz CT molecular complexity index is 369. The molecule has 0 saturated carbocycles. The van der Waals surface area contributed by atoms with Gasteiger partial charge < -0.3 is 20.5 Å². The van der Waals surface area contributed by atoms with Crippen molar-refractivity contribution in [1.29, 1.82) is 0 Å². The number of carbonyl (C=O) groups excluding carboxylic acids is 1. The van der Waals surface area contributed by atoms with E-state index < -0.39 is 0 Å². The molecular weight excluding hydrogens is 232 g/mol. The van der Waals surface area contributed by atoms with Gasteiger partial charge in [0.25, 0.3) is 0 Å². The summed E-state index contributed by atoms with van der Waals surface area (Å²) in [7, 11) is 0. The Kier molecular flexibility index (Phi) is 6.83. The van der Waals surface area contributed by atoms with Gasteiger partial charge in [-0.15, -0.1) is 0 Å². The van der Waals surface area contributed by atoms with Crippen LogP contribution < -0.4 is 10.6 Å². The van der Waals surface area contributed by atoms with Gasteiger partial charge in [0.1, 0.15) is 0 Å². The maximum atomic E-state index is 11.4. The van der Waals surface area contributed by atoms with Crippen molar-refractivity contribution in [3.63, 3.8) is 0 Å². The van der Waals surface area contributed by atoms with Crippen molar-refractivity contribution in [1.82, 2.24) is 10.6 Å². The number of ether oxygens (including phenoxy) is 1. The molecule has 0 aliphatic heterocycles. The van der Waals surface area contributed by atoms with Crippen molar-refractivity contribution in [3.05, 3.63) is 35.4 Å². The maximum absolute atomic E-state index is 11.4. The lowest BCUT2D eigenvalue weighted by Crippen LogP contribution is -2.37. The van der Waals surface area contributed by atoms with Crippen molar-refractivity contribution in [2.75, 3.05) is 26.4 Å². The summed E-state index contributed by atoms with van der Waals surface area (Å²) in [5.74, 6) is 0. The van der Waals surface area contributed by atoms with Crippen LogP contribution in [0.15, 0.2) is 24.3 Å². The molecule has 3 N–H and O–H groups in total. The average molecular weight is 252 g/mol. The minimum atomic E-state index is -0.218. The monoisotopic (exact) mass is 252 g/mol. The van der Waals surface area contributed by atoms with E-state index in [9.17, 15) is 4.79 Å². The third kappa shape index (κ3) is 6.22. The number of aliphatic hydroxyl groups excluding tert-OH is 1. The summed E-state index contributed by atoms with van der Waals surface area (Å²) in [6.45, 7) is 3.65. The van der Waals surface area contributed by atoms with E-state index in [2.05, 4.69) is 10.6 Å². The van der Waals surface area contributed by atoms with Crippen LogP contribution in [-0.2, 0) is 11.3 Å². The lowest BCUT2D eigenvalue weighted by Gasteiger charge is -2.08. The number of hydrogen-bond donors (Lipinski definition) is 3. The highest BCUT2D eigenvalue weighted by Crippen LogP contribution is 2.02. The lowest BCUT2D eigenvalue weighted by molar-refractivity contribution is 0.0947. The first-order valence-electron chi connectivity index (χ1n) is 5.98. The maximum Gasteiger partial charge on any atom is 0.315 e. The fourth-order valence-electron chi connectivity index (χ4n) is 1.47. The molecule has 0 fully saturated rings. The lowest BCUT2D eigenvalue weighted by atomic mass is 10.1. The quantitative estimate of drug-likeness (QED) is 0.629. The molecule has 0 atom stereocenters. The van der Waals surface area contributed by atoms with E-state index in [0.717, 1.165) is 5.56 Å². The van der Waals surface area contributed by atoms with Crippen LogP contribution in [0.25, 0.3) is 0 Å². The van der Waals surface area contributed by atoms with E-state index in [0.29, 0.717) is 26.3 Å². The fourth-order valence-corrected chi connectivity index (χ4v) is 1.47. The van der Waals surface area contributed by atoms with Crippen LogP contribution in [0, 0.1) is 6.92 Å². The molecule has 0 unspecified atom stereocenters. The van der Waals surface area contributed by atoms with Crippen LogP contribution >= 0.6 is 0 Å². The van der Waals surface area contributed by atoms with Crippen molar-refractivity contribution in [2.24, 2.45) is 0 Å². The predicted octanol–water partition coefficient (Wildman–Crippen LogP) is 0.803. The average Bonchev–Trinajstić information content (AvgIpc) is 2.36. The number of hydrogen-bond acceptors (Lipinski definition) is 3. The van der Waals surface area contributed by atoms with Gasteiger partial charge in [0.2, 0.25) is 0 Å². The number of benzene rings is 1. The number of aryl methyl sites for hydroxylation is 1. The molecule has 0 aliphatic rings. The molecule has 2 amide bonds. The van der Waals surface area contributed by atoms with Crippen molar-refractivity contribution in [3.8, 4) is 0 Å². The van der Waals surface area contributed by atoms with Gasteiger partial charge in [-0.25, -0.2) is 4.79 Å². The van der Waals surface area contributed by atoms with E-state index in [4.69, 9.17) is 9.84 Å². The van der Waals surface area contributed by atoms with E-state index in [1.807, 2.05) is 31.2 Å². The Morgan fingerprint density at radius 3 is 2.89 bits per heavy atom.